The van der Waals surface area contributed by atoms with Gasteiger partial charge in [-0.3, -0.25) is 4.98 Å². The van der Waals surface area contributed by atoms with Crippen LogP contribution in [-0.2, 0) is 0 Å². The average molecular weight is 352 g/mol. The zero-order chi connectivity index (χ0) is 17.8. The van der Waals surface area contributed by atoms with Gasteiger partial charge in [0.05, 0.1) is 24.2 Å². The number of pyridine rings is 3. The van der Waals surface area contributed by atoms with Gasteiger partial charge in [0.25, 0.3) is 5.82 Å². The van der Waals surface area contributed by atoms with Crippen molar-refractivity contribution < 1.29 is 4.57 Å². The summed E-state index contributed by atoms with van der Waals surface area (Å²) in [4.78, 5) is 22.8. The molecule has 6 heterocycles. The minimum absolute atomic E-state index is 0.793. The smallest absolute Gasteiger partial charge is 0.284 e. The first kappa shape index (κ1) is 14.2. The molecule has 0 aliphatic heterocycles. The Morgan fingerprint density at radius 3 is 2.85 bits per heavy atom. The van der Waals surface area contributed by atoms with E-state index in [1.165, 1.54) is 0 Å². The summed E-state index contributed by atoms with van der Waals surface area (Å²) in [7, 11) is 0. The molecule has 0 aromatic carbocycles. The van der Waals surface area contributed by atoms with Crippen molar-refractivity contribution in [2.45, 2.75) is 0 Å². The lowest BCUT2D eigenvalue weighted by Crippen LogP contribution is -2.29. The van der Waals surface area contributed by atoms with E-state index in [1.807, 2.05) is 30.7 Å². The summed E-state index contributed by atoms with van der Waals surface area (Å²) in [5, 5.41) is 2.26. The van der Waals surface area contributed by atoms with Crippen molar-refractivity contribution in [2.75, 3.05) is 0 Å². The van der Waals surface area contributed by atoms with Crippen LogP contribution < -0.4 is 4.57 Å². The van der Waals surface area contributed by atoms with Gasteiger partial charge < -0.3 is 9.97 Å². The average Bonchev–Trinajstić information content (AvgIpc) is 3.42. The van der Waals surface area contributed by atoms with Crippen LogP contribution in [0.1, 0.15) is 0 Å². The third-order valence-corrected chi connectivity index (χ3v) is 4.83. The van der Waals surface area contributed by atoms with Crippen LogP contribution >= 0.6 is 0 Å². The van der Waals surface area contributed by atoms with Gasteiger partial charge in [0.1, 0.15) is 11.7 Å². The van der Waals surface area contributed by atoms with Gasteiger partial charge in [-0.15, -0.1) is 0 Å². The molecule has 0 saturated carbocycles. The number of aromatic nitrogens is 7. The van der Waals surface area contributed by atoms with Crippen LogP contribution in [0.15, 0.2) is 67.6 Å². The zero-order valence-corrected chi connectivity index (χ0v) is 14.1. The van der Waals surface area contributed by atoms with Crippen LogP contribution in [-0.4, -0.2) is 29.9 Å². The molecule has 0 bridgehead atoms. The molecule has 3 N–H and O–H groups in total. The predicted molar refractivity (Wildman–Crippen MR) is 102 cm³/mol. The van der Waals surface area contributed by atoms with E-state index in [9.17, 15) is 0 Å². The van der Waals surface area contributed by atoms with E-state index in [-0.39, 0.29) is 0 Å². The molecule has 0 spiro atoms. The molecule has 6 rings (SSSR count). The fourth-order valence-corrected chi connectivity index (χ4v) is 3.45. The molecule has 0 radical (unpaired) electrons. The standard InChI is InChI=1S/C20H13N7/c1-3-21-9-18-12(1)7-19(26-18)27-4-2-15-14(10-27)6-16(25-15)13-5-17-20(22-8-13)24-11-23-17/h1-11H,(H2,21,22,23,24,26)/p+1. The number of fused-ring (bicyclic) bond motifs is 3. The Morgan fingerprint density at radius 1 is 0.889 bits per heavy atom. The Hall–Kier alpha value is -4.00. The van der Waals surface area contributed by atoms with E-state index in [0.29, 0.717) is 0 Å². The lowest BCUT2D eigenvalue weighted by atomic mass is 10.2. The maximum atomic E-state index is 4.42. The summed E-state index contributed by atoms with van der Waals surface area (Å²) in [5.74, 6) is 1.00. The van der Waals surface area contributed by atoms with Crippen LogP contribution in [0.4, 0.5) is 0 Å². The Balaban J connectivity index is 1.46. The van der Waals surface area contributed by atoms with Crippen molar-refractivity contribution in [3.63, 3.8) is 0 Å². The Kier molecular flexibility index (Phi) is 2.76. The topological polar surface area (TPSA) is 89.9 Å². The van der Waals surface area contributed by atoms with Gasteiger partial charge in [0, 0.05) is 46.6 Å². The summed E-state index contributed by atoms with van der Waals surface area (Å²) >= 11 is 0. The zero-order valence-electron chi connectivity index (χ0n) is 14.1. The van der Waals surface area contributed by atoms with Crippen LogP contribution in [0.25, 0.3) is 50.0 Å². The molecule has 27 heavy (non-hydrogen) atoms. The van der Waals surface area contributed by atoms with Gasteiger partial charge in [-0.1, -0.05) is 0 Å². The van der Waals surface area contributed by atoms with Gasteiger partial charge in [-0.2, -0.15) is 0 Å². The highest BCUT2D eigenvalue weighted by atomic mass is 15.0. The number of nitrogens with zero attached hydrogens (tertiary/aromatic N) is 4. The second-order valence-electron chi connectivity index (χ2n) is 6.52. The lowest BCUT2D eigenvalue weighted by Gasteiger charge is -1.96. The van der Waals surface area contributed by atoms with Gasteiger partial charge in [0.15, 0.2) is 11.2 Å². The highest BCUT2D eigenvalue weighted by molar-refractivity contribution is 5.86. The molecule has 6 aromatic rings. The fraction of sp³-hybridized carbons (Fsp3) is 0. The summed E-state index contributed by atoms with van der Waals surface area (Å²) in [6.45, 7) is 0. The largest absolute Gasteiger partial charge is 0.354 e. The molecular weight excluding hydrogens is 338 g/mol. The number of rotatable bonds is 2. The molecular formula is C20H14N7+. The highest BCUT2D eigenvalue weighted by Crippen LogP contribution is 2.24. The van der Waals surface area contributed by atoms with E-state index in [1.54, 1.807) is 12.5 Å². The molecule has 0 unspecified atom stereocenters. The van der Waals surface area contributed by atoms with Crippen molar-refractivity contribution in [3.05, 3.63) is 67.6 Å². The monoisotopic (exact) mass is 352 g/mol. The number of imidazole rings is 1. The summed E-state index contributed by atoms with van der Waals surface area (Å²) in [6.07, 6.45) is 11.3. The molecule has 0 aliphatic rings. The summed E-state index contributed by atoms with van der Waals surface area (Å²) in [5.41, 5.74) is 5.76. The third kappa shape index (κ3) is 2.22. The van der Waals surface area contributed by atoms with E-state index < -0.39 is 0 Å². The Morgan fingerprint density at radius 2 is 1.89 bits per heavy atom. The summed E-state index contributed by atoms with van der Waals surface area (Å²) < 4.78 is 2.08. The highest BCUT2D eigenvalue weighted by Gasteiger charge is 2.12. The van der Waals surface area contributed by atoms with Crippen LogP contribution in [0.3, 0.4) is 0 Å². The van der Waals surface area contributed by atoms with E-state index in [4.69, 9.17) is 0 Å². The van der Waals surface area contributed by atoms with Crippen molar-refractivity contribution in [1.29, 1.82) is 0 Å². The number of hydrogen-bond acceptors (Lipinski definition) is 3. The number of hydrogen-bond donors (Lipinski definition) is 3. The lowest BCUT2D eigenvalue weighted by molar-refractivity contribution is -0.597. The third-order valence-electron chi connectivity index (χ3n) is 4.83. The maximum Gasteiger partial charge on any atom is 0.284 e. The van der Waals surface area contributed by atoms with Gasteiger partial charge >= 0.3 is 0 Å². The second kappa shape index (κ2) is 5.25. The molecule has 0 amide bonds. The molecule has 0 fully saturated rings. The SMILES string of the molecule is c1cc2cc(-[n+]3ccc4[nH]c(-c5cnc6[nH]cnc6c5)cc4c3)[nH]c2cn1. The second-order valence-corrected chi connectivity index (χ2v) is 6.52. The fourth-order valence-electron chi connectivity index (χ4n) is 3.45. The van der Waals surface area contributed by atoms with Crippen molar-refractivity contribution in [2.24, 2.45) is 0 Å². The Bertz CT molecular complexity index is 1400. The van der Waals surface area contributed by atoms with Crippen LogP contribution in [0.5, 0.6) is 0 Å². The minimum Gasteiger partial charge on any atom is -0.354 e. The summed E-state index contributed by atoms with van der Waals surface area (Å²) in [6, 6.07) is 10.4. The van der Waals surface area contributed by atoms with Crippen molar-refractivity contribution >= 4 is 33.0 Å². The predicted octanol–water partition coefficient (Wildman–Crippen LogP) is 3.26. The van der Waals surface area contributed by atoms with E-state index in [2.05, 4.69) is 58.9 Å². The molecule has 0 aliphatic carbocycles. The molecule has 128 valence electrons. The van der Waals surface area contributed by atoms with Gasteiger partial charge in [-0.25, -0.2) is 19.5 Å². The van der Waals surface area contributed by atoms with Crippen LogP contribution in [0, 0.1) is 0 Å². The number of aromatic amines is 3. The number of H-pyrrole nitrogens is 3. The van der Waals surface area contributed by atoms with E-state index in [0.717, 1.165) is 50.0 Å². The first-order chi connectivity index (χ1) is 13.3. The van der Waals surface area contributed by atoms with Gasteiger partial charge in [-0.05, 0) is 18.2 Å². The van der Waals surface area contributed by atoms with Crippen molar-refractivity contribution in [3.8, 4) is 17.1 Å². The van der Waals surface area contributed by atoms with Crippen molar-refractivity contribution in [1.82, 2.24) is 29.9 Å². The first-order valence-corrected chi connectivity index (χ1v) is 8.60. The van der Waals surface area contributed by atoms with Gasteiger partial charge in [0.2, 0.25) is 0 Å². The van der Waals surface area contributed by atoms with E-state index >= 15 is 0 Å². The molecule has 6 aromatic heterocycles. The molecule has 7 nitrogen and oxygen atoms in total. The molecule has 0 saturated heterocycles. The molecule has 7 heteroatoms. The Labute approximate surface area is 152 Å². The molecule has 0 atom stereocenters. The maximum absolute atomic E-state index is 4.42. The van der Waals surface area contributed by atoms with Crippen LogP contribution in [0.2, 0.25) is 0 Å². The normalized spacial score (nSPS) is 11.7. The first-order valence-electron chi connectivity index (χ1n) is 8.60. The minimum atomic E-state index is 0.793. The quantitative estimate of drug-likeness (QED) is 0.418. The number of nitrogens with one attached hydrogen (secondary N) is 3.